The molecule has 3 N–H and O–H groups in total. The van der Waals surface area contributed by atoms with Crippen LogP contribution in [0, 0.1) is 0 Å². The Hall–Kier alpha value is -1.28. The van der Waals surface area contributed by atoms with Crippen molar-refractivity contribution in [3.8, 4) is 0 Å². The number of hydrogen-bond acceptors (Lipinski definition) is 4. The van der Waals surface area contributed by atoms with Gasteiger partial charge >= 0.3 is 5.97 Å². The van der Waals surface area contributed by atoms with E-state index in [1.165, 1.54) is 0 Å². The van der Waals surface area contributed by atoms with Crippen LogP contribution in [0.4, 0.5) is 8.78 Å². The Bertz CT molecular complexity index is 250. The minimum atomic E-state index is -2.60. The van der Waals surface area contributed by atoms with Crippen LogP contribution in [0.2, 0.25) is 0 Å². The first kappa shape index (κ1) is 15.7. The predicted octanol–water partition coefficient (Wildman–Crippen LogP) is -0.390. The van der Waals surface area contributed by atoms with Gasteiger partial charge in [-0.25, -0.2) is 13.6 Å². The Kier molecular flexibility index (Phi) is 8.16. The molecule has 0 rings (SSSR count). The van der Waals surface area contributed by atoms with Gasteiger partial charge in [0.1, 0.15) is 12.6 Å². The number of rotatable bonds is 9. The summed E-state index contributed by atoms with van der Waals surface area (Å²) in [6, 6.07) is -1.18. The number of aliphatic hydroxyl groups excluding tert-OH is 1. The number of amides is 1. The van der Waals surface area contributed by atoms with Gasteiger partial charge in [0.2, 0.25) is 5.91 Å². The highest BCUT2D eigenvalue weighted by Gasteiger charge is 2.18. The summed E-state index contributed by atoms with van der Waals surface area (Å²) >= 11 is 0. The van der Waals surface area contributed by atoms with Gasteiger partial charge in [-0.2, -0.15) is 0 Å². The van der Waals surface area contributed by atoms with Gasteiger partial charge < -0.3 is 20.3 Å². The highest BCUT2D eigenvalue weighted by atomic mass is 19.3. The molecule has 100 valence electrons. The van der Waals surface area contributed by atoms with Gasteiger partial charge in [-0.1, -0.05) is 0 Å². The summed E-state index contributed by atoms with van der Waals surface area (Å²) in [4.78, 5) is 21.7. The van der Waals surface area contributed by atoms with Crippen LogP contribution in [0.25, 0.3) is 0 Å². The van der Waals surface area contributed by atoms with Crippen LogP contribution in [0.5, 0.6) is 0 Å². The SMILES string of the molecule is O=C(CCOCC(F)F)NC(CCO)C(=O)O. The van der Waals surface area contributed by atoms with Gasteiger partial charge in [-0.05, 0) is 0 Å². The number of carbonyl (C=O) groups excluding carboxylic acids is 1. The number of alkyl halides is 2. The molecule has 0 aliphatic heterocycles. The molecule has 0 aliphatic rings. The van der Waals surface area contributed by atoms with E-state index in [1.807, 2.05) is 0 Å². The molecule has 1 amide bonds. The maximum absolute atomic E-state index is 11.6. The molecule has 8 heteroatoms. The second kappa shape index (κ2) is 8.82. The van der Waals surface area contributed by atoms with Gasteiger partial charge in [-0.3, -0.25) is 4.79 Å². The Labute approximate surface area is 96.6 Å². The van der Waals surface area contributed by atoms with E-state index in [9.17, 15) is 18.4 Å². The van der Waals surface area contributed by atoms with Crippen molar-refractivity contribution in [3.63, 3.8) is 0 Å². The van der Waals surface area contributed by atoms with Crippen LogP contribution in [0.3, 0.4) is 0 Å². The number of halogens is 2. The summed E-state index contributed by atoms with van der Waals surface area (Å²) in [5.41, 5.74) is 0. The van der Waals surface area contributed by atoms with Crippen LogP contribution in [-0.4, -0.2) is 54.4 Å². The summed E-state index contributed by atoms with van der Waals surface area (Å²) in [6.45, 7) is -1.34. The molecule has 0 bridgehead atoms. The smallest absolute Gasteiger partial charge is 0.326 e. The van der Waals surface area contributed by atoms with Crippen LogP contribution in [-0.2, 0) is 14.3 Å². The number of ether oxygens (including phenoxy) is 1. The summed E-state index contributed by atoms with van der Waals surface area (Å²) in [6.07, 6.45) is -2.92. The zero-order valence-corrected chi connectivity index (χ0v) is 9.07. The van der Waals surface area contributed by atoms with Crippen LogP contribution in [0.1, 0.15) is 12.8 Å². The van der Waals surface area contributed by atoms with Crippen molar-refractivity contribution in [1.82, 2.24) is 5.32 Å². The minimum absolute atomic E-state index is 0.112. The second-order valence-electron chi connectivity index (χ2n) is 3.19. The van der Waals surface area contributed by atoms with Crippen molar-refractivity contribution < 1.29 is 33.3 Å². The maximum atomic E-state index is 11.6. The Morgan fingerprint density at radius 1 is 1.35 bits per heavy atom. The number of aliphatic hydroxyl groups is 1. The number of nitrogens with one attached hydrogen (secondary N) is 1. The zero-order chi connectivity index (χ0) is 13.3. The van der Waals surface area contributed by atoms with Crippen molar-refractivity contribution in [3.05, 3.63) is 0 Å². The van der Waals surface area contributed by atoms with Crippen molar-refractivity contribution in [2.24, 2.45) is 0 Å². The molecule has 0 fully saturated rings. The lowest BCUT2D eigenvalue weighted by atomic mass is 10.2. The number of hydrogen-bond donors (Lipinski definition) is 3. The van der Waals surface area contributed by atoms with Crippen molar-refractivity contribution in [1.29, 1.82) is 0 Å². The first-order valence-corrected chi connectivity index (χ1v) is 4.96. The molecule has 0 radical (unpaired) electrons. The average molecular weight is 255 g/mol. The van der Waals surface area contributed by atoms with E-state index in [-0.39, 0.29) is 26.1 Å². The highest BCUT2D eigenvalue weighted by molar-refractivity contribution is 5.83. The molecule has 0 aromatic rings. The van der Waals surface area contributed by atoms with Gasteiger partial charge in [0, 0.05) is 19.4 Å². The second-order valence-corrected chi connectivity index (χ2v) is 3.19. The summed E-state index contributed by atoms with van der Waals surface area (Å²) in [5, 5.41) is 19.3. The molecule has 0 aromatic carbocycles. The van der Waals surface area contributed by atoms with E-state index in [4.69, 9.17) is 10.2 Å². The maximum Gasteiger partial charge on any atom is 0.326 e. The molecule has 1 atom stereocenters. The summed E-state index contributed by atoms with van der Waals surface area (Å²) < 4.78 is 27.7. The minimum Gasteiger partial charge on any atom is -0.480 e. The largest absolute Gasteiger partial charge is 0.480 e. The quantitative estimate of drug-likeness (QED) is 0.488. The van der Waals surface area contributed by atoms with Crippen LogP contribution >= 0.6 is 0 Å². The molecular formula is C9H15F2NO5. The van der Waals surface area contributed by atoms with Crippen molar-refractivity contribution in [2.75, 3.05) is 19.8 Å². The molecule has 1 unspecified atom stereocenters. The summed E-state index contributed by atoms with van der Waals surface area (Å²) in [5.74, 6) is -1.89. The number of aliphatic carboxylic acids is 1. The Morgan fingerprint density at radius 2 is 2.00 bits per heavy atom. The molecule has 0 aromatic heterocycles. The standard InChI is InChI=1S/C9H15F2NO5/c10-7(11)5-17-4-2-8(14)12-6(1-3-13)9(15)16/h6-7,13H,1-5H2,(H,12,14)(H,15,16). The third-order valence-corrected chi connectivity index (χ3v) is 1.77. The Balaban J connectivity index is 3.78. The van der Waals surface area contributed by atoms with Crippen LogP contribution in [0.15, 0.2) is 0 Å². The number of carboxylic acid groups (broad SMARTS) is 1. The molecule has 0 saturated carbocycles. The van der Waals surface area contributed by atoms with E-state index in [0.29, 0.717) is 0 Å². The average Bonchev–Trinajstić information content (AvgIpc) is 2.23. The summed E-state index contributed by atoms with van der Waals surface area (Å²) in [7, 11) is 0. The van der Waals surface area contributed by atoms with Crippen molar-refractivity contribution in [2.45, 2.75) is 25.3 Å². The first-order chi connectivity index (χ1) is 7.97. The molecular weight excluding hydrogens is 240 g/mol. The van der Waals surface area contributed by atoms with E-state index in [1.54, 1.807) is 0 Å². The zero-order valence-electron chi connectivity index (χ0n) is 9.07. The first-order valence-electron chi connectivity index (χ1n) is 4.96. The van der Waals surface area contributed by atoms with E-state index < -0.39 is 31.0 Å². The molecule has 0 heterocycles. The number of carboxylic acids is 1. The molecule has 0 spiro atoms. The van der Waals surface area contributed by atoms with Gasteiger partial charge in [0.25, 0.3) is 6.43 Å². The fourth-order valence-electron chi connectivity index (χ4n) is 0.990. The van der Waals surface area contributed by atoms with Crippen LogP contribution < -0.4 is 5.32 Å². The molecule has 6 nitrogen and oxygen atoms in total. The predicted molar refractivity (Wildman–Crippen MR) is 52.7 cm³/mol. The van der Waals surface area contributed by atoms with E-state index >= 15 is 0 Å². The lowest BCUT2D eigenvalue weighted by Crippen LogP contribution is -2.41. The fourth-order valence-corrected chi connectivity index (χ4v) is 0.990. The normalized spacial score (nSPS) is 12.5. The molecule has 0 saturated heterocycles. The lowest BCUT2D eigenvalue weighted by Gasteiger charge is -2.13. The third kappa shape index (κ3) is 8.52. The fraction of sp³-hybridized carbons (Fsp3) is 0.778. The molecule has 0 aliphatic carbocycles. The number of carbonyl (C=O) groups is 2. The van der Waals surface area contributed by atoms with E-state index in [2.05, 4.69) is 10.1 Å². The van der Waals surface area contributed by atoms with E-state index in [0.717, 1.165) is 0 Å². The lowest BCUT2D eigenvalue weighted by molar-refractivity contribution is -0.142. The van der Waals surface area contributed by atoms with Gasteiger partial charge in [-0.15, -0.1) is 0 Å². The molecule has 17 heavy (non-hydrogen) atoms. The monoisotopic (exact) mass is 255 g/mol. The van der Waals surface area contributed by atoms with Crippen molar-refractivity contribution >= 4 is 11.9 Å². The Morgan fingerprint density at radius 3 is 2.47 bits per heavy atom. The highest BCUT2D eigenvalue weighted by Crippen LogP contribution is 1.95. The van der Waals surface area contributed by atoms with Gasteiger partial charge in [0.05, 0.1) is 6.61 Å². The van der Waals surface area contributed by atoms with Gasteiger partial charge in [0.15, 0.2) is 0 Å². The third-order valence-electron chi connectivity index (χ3n) is 1.77. The topological polar surface area (TPSA) is 95.9 Å².